The lowest BCUT2D eigenvalue weighted by Crippen LogP contribution is -2.55. The summed E-state index contributed by atoms with van der Waals surface area (Å²) < 4.78 is 26.7. The van der Waals surface area contributed by atoms with Gasteiger partial charge in [-0.25, -0.2) is 8.78 Å². The molecule has 1 saturated heterocycles. The van der Waals surface area contributed by atoms with Gasteiger partial charge in [0.2, 0.25) is 0 Å². The lowest BCUT2D eigenvalue weighted by Gasteiger charge is -2.43. The van der Waals surface area contributed by atoms with E-state index < -0.39 is 29.1 Å². The monoisotopic (exact) mass is 361 g/mol. The molecular weight excluding hydrogens is 340 g/mol. The summed E-state index contributed by atoms with van der Waals surface area (Å²) in [5, 5.41) is 20.4. The van der Waals surface area contributed by atoms with Crippen LogP contribution in [0.25, 0.3) is 0 Å². The first-order valence-electron chi connectivity index (χ1n) is 8.52. The van der Waals surface area contributed by atoms with Gasteiger partial charge in [-0.15, -0.1) is 0 Å². The van der Waals surface area contributed by atoms with Gasteiger partial charge in [0.25, 0.3) is 0 Å². The molecule has 1 aliphatic heterocycles. The van der Waals surface area contributed by atoms with Gasteiger partial charge < -0.3 is 10.2 Å². The number of β-amino-alcohol motifs (C(OH)–C–C–N with tert-alkyl or cyclic N) is 1. The van der Waals surface area contributed by atoms with Crippen molar-refractivity contribution in [3.63, 3.8) is 0 Å². The van der Waals surface area contributed by atoms with Crippen LogP contribution in [0.4, 0.5) is 8.78 Å². The molecule has 2 atom stereocenters. The maximum atomic E-state index is 13.3. The summed E-state index contributed by atoms with van der Waals surface area (Å²) in [6.07, 6.45) is -0.574. The fraction of sp³-hybridized carbons (Fsp3) is 0.350. The highest BCUT2D eigenvalue weighted by Crippen LogP contribution is 2.36. The van der Waals surface area contributed by atoms with Crippen LogP contribution < -0.4 is 0 Å². The number of halogens is 2. The summed E-state index contributed by atoms with van der Waals surface area (Å²) in [6, 6.07) is 12.5. The standard InChI is InChI=1S/C20H21F2NO3/c21-16-8-15(9-17(22)10-16)12-23-7-6-20(19(25)26,18(24)13-23)11-14-4-2-1-3-5-14/h1-5,8-10,18,24H,6-7,11-13H2,(H,25,26)/t18-,20-/m1/s1. The van der Waals surface area contributed by atoms with E-state index in [2.05, 4.69) is 0 Å². The molecule has 1 fully saturated rings. The smallest absolute Gasteiger partial charge is 0.312 e. The molecular formula is C20H21F2NO3. The number of piperidine rings is 1. The molecule has 2 aromatic rings. The maximum Gasteiger partial charge on any atom is 0.312 e. The van der Waals surface area contributed by atoms with Crippen LogP contribution >= 0.6 is 0 Å². The van der Waals surface area contributed by atoms with Crippen molar-refractivity contribution < 1.29 is 23.8 Å². The SMILES string of the molecule is O=C(O)[C@@]1(Cc2ccccc2)CCN(Cc2cc(F)cc(F)c2)C[C@H]1O. The van der Waals surface area contributed by atoms with Gasteiger partial charge in [0.05, 0.1) is 6.10 Å². The van der Waals surface area contributed by atoms with E-state index in [1.165, 1.54) is 12.1 Å². The van der Waals surface area contributed by atoms with E-state index >= 15 is 0 Å². The highest BCUT2D eigenvalue weighted by atomic mass is 19.1. The van der Waals surface area contributed by atoms with Crippen LogP contribution in [0.1, 0.15) is 17.5 Å². The van der Waals surface area contributed by atoms with Gasteiger partial charge in [0.1, 0.15) is 17.0 Å². The number of carbonyl (C=O) groups is 1. The molecule has 0 unspecified atom stereocenters. The van der Waals surface area contributed by atoms with Gasteiger partial charge in [-0.2, -0.15) is 0 Å². The molecule has 0 radical (unpaired) electrons. The highest BCUT2D eigenvalue weighted by Gasteiger charge is 2.48. The number of nitrogens with zero attached hydrogens (tertiary/aromatic N) is 1. The van der Waals surface area contributed by atoms with E-state index in [-0.39, 0.29) is 25.9 Å². The molecule has 138 valence electrons. The van der Waals surface area contributed by atoms with Gasteiger partial charge >= 0.3 is 5.97 Å². The number of hydrogen-bond acceptors (Lipinski definition) is 3. The van der Waals surface area contributed by atoms with Crippen LogP contribution in [0.3, 0.4) is 0 Å². The summed E-state index contributed by atoms with van der Waals surface area (Å²) in [5.41, 5.74) is 0.0561. The van der Waals surface area contributed by atoms with Gasteiger partial charge in [0, 0.05) is 19.2 Å². The van der Waals surface area contributed by atoms with Gasteiger partial charge in [-0.3, -0.25) is 9.69 Å². The molecule has 0 bridgehead atoms. The molecule has 0 saturated carbocycles. The lowest BCUT2D eigenvalue weighted by atomic mass is 9.71. The predicted molar refractivity (Wildman–Crippen MR) is 92.5 cm³/mol. The Morgan fingerprint density at radius 1 is 1.12 bits per heavy atom. The van der Waals surface area contributed by atoms with Crippen LogP contribution in [0.15, 0.2) is 48.5 Å². The van der Waals surface area contributed by atoms with Crippen molar-refractivity contribution in [3.05, 3.63) is 71.3 Å². The van der Waals surface area contributed by atoms with E-state index in [4.69, 9.17) is 0 Å². The van der Waals surface area contributed by atoms with Crippen molar-refractivity contribution in [1.29, 1.82) is 0 Å². The largest absolute Gasteiger partial charge is 0.481 e. The fourth-order valence-corrected chi connectivity index (χ4v) is 3.63. The second kappa shape index (κ2) is 7.51. The van der Waals surface area contributed by atoms with Gasteiger partial charge in [0.15, 0.2) is 0 Å². The normalized spacial score (nSPS) is 23.7. The molecule has 0 aromatic heterocycles. The number of carboxylic acids is 1. The van der Waals surface area contributed by atoms with Crippen LogP contribution in [-0.4, -0.2) is 40.3 Å². The molecule has 2 N–H and O–H groups in total. The zero-order valence-corrected chi connectivity index (χ0v) is 14.2. The number of likely N-dealkylation sites (tertiary alicyclic amines) is 1. The van der Waals surface area contributed by atoms with Crippen molar-refractivity contribution in [2.75, 3.05) is 13.1 Å². The fourth-order valence-electron chi connectivity index (χ4n) is 3.63. The number of aliphatic hydroxyl groups excluding tert-OH is 1. The molecule has 6 heteroatoms. The third-order valence-electron chi connectivity index (χ3n) is 5.06. The summed E-state index contributed by atoms with van der Waals surface area (Å²) >= 11 is 0. The highest BCUT2D eigenvalue weighted by molar-refractivity contribution is 5.76. The zero-order chi connectivity index (χ0) is 18.7. The zero-order valence-electron chi connectivity index (χ0n) is 14.2. The van der Waals surface area contributed by atoms with E-state index in [9.17, 15) is 23.8 Å². The molecule has 1 aliphatic rings. The Morgan fingerprint density at radius 2 is 1.77 bits per heavy atom. The van der Waals surface area contributed by atoms with Crippen molar-refractivity contribution in [2.45, 2.75) is 25.5 Å². The van der Waals surface area contributed by atoms with E-state index in [0.717, 1.165) is 11.6 Å². The van der Waals surface area contributed by atoms with E-state index in [1.54, 1.807) is 0 Å². The third-order valence-corrected chi connectivity index (χ3v) is 5.06. The van der Waals surface area contributed by atoms with Crippen LogP contribution in [0.2, 0.25) is 0 Å². The number of benzene rings is 2. The Kier molecular flexibility index (Phi) is 5.34. The first-order chi connectivity index (χ1) is 12.4. The third kappa shape index (κ3) is 3.92. The molecule has 3 rings (SSSR count). The molecule has 2 aromatic carbocycles. The van der Waals surface area contributed by atoms with Crippen molar-refractivity contribution in [3.8, 4) is 0 Å². The minimum atomic E-state index is -1.26. The maximum absolute atomic E-state index is 13.3. The first kappa shape index (κ1) is 18.5. The quantitative estimate of drug-likeness (QED) is 0.860. The van der Waals surface area contributed by atoms with Crippen LogP contribution in [0, 0.1) is 17.0 Å². The van der Waals surface area contributed by atoms with Crippen molar-refractivity contribution in [1.82, 2.24) is 4.90 Å². The Hall–Kier alpha value is -2.31. The number of aliphatic hydroxyl groups is 1. The molecule has 0 amide bonds. The van der Waals surface area contributed by atoms with E-state index in [0.29, 0.717) is 12.1 Å². The summed E-state index contributed by atoms with van der Waals surface area (Å²) in [5.74, 6) is -2.33. The molecule has 26 heavy (non-hydrogen) atoms. The van der Waals surface area contributed by atoms with Gasteiger partial charge in [-0.05, 0) is 42.6 Å². The average molecular weight is 361 g/mol. The summed E-state index contributed by atoms with van der Waals surface area (Å²) in [6.45, 7) is 0.818. The number of rotatable bonds is 5. The minimum Gasteiger partial charge on any atom is -0.481 e. The molecule has 0 spiro atoms. The van der Waals surface area contributed by atoms with Crippen molar-refractivity contribution >= 4 is 5.97 Å². The summed E-state index contributed by atoms with van der Waals surface area (Å²) in [7, 11) is 0. The number of aliphatic carboxylic acids is 1. The van der Waals surface area contributed by atoms with Gasteiger partial charge in [-0.1, -0.05) is 30.3 Å². The lowest BCUT2D eigenvalue weighted by molar-refractivity contribution is -0.163. The van der Waals surface area contributed by atoms with E-state index in [1.807, 2.05) is 35.2 Å². The predicted octanol–water partition coefficient (Wildman–Crippen LogP) is 2.85. The Morgan fingerprint density at radius 3 is 2.35 bits per heavy atom. The van der Waals surface area contributed by atoms with Crippen LogP contribution in [0.5, 0.6) is 0 Å². The Balaban J connectivity index is 1.74. The van der Waals surface area contributed by atoms with Crippen LogP contribution in [-0.2, 0) is 17.8 Å². The number of carboxylic acid groups (broad SMARTS) is 1. The second-order valence-corrected chi connectivity index (χ2v) is 6.90. The molecule has 0 aliphatic carbocycles. The number of hydrogen-bond donors (Lipinski definition) is 2. The molecule has 4 nitrogen and oxygen atoms in total. The topological polar surface area (TPSA) is 60.8 Å². The Bertz CT molecular complexity index is 764. The minimum absolute atomic E-state index is 0.136. The molecule has 1 heterocycles. The Labute approximate surface area is 150 Å². The average Bonchev–Trinajstić information content (AvgIpc) is 2.57. The van der Waals surface area contributed by atoms with Crippen molar-refractivity contribution in [2.24, 2.45) is 5.41 Å². The first-order valence-corrected chi connectivity index (χ1v) is 8.52. The summed E-state index contributed by atoms with van der Waals surface area (Å²) in [4.78, 5) is 13.8. The second-order valence-electron chi connectivity index (χ2n) is 6.90.